The van der Waals surface area contributed by atoms with Gasteiger partial charge in [-0.25, -0.2) is 4.79 Å². The van der Waals surface area contributed by atoms with Gasteiger partial charge in [0.05, 0.1) is 7.11 Å². The lowest BCUT2D eigenvalue weighted by molar-refractivity contribution is -0.133. The van der Waals surface area contributed by atoms with Gasteiger partial charge in [-0.05, 0) is 20.5 Å². The van der Waals surface area contributed by atoms with Crippen molar-refractivity contribution in [1.82, 2.24) is 4.90 Å². The monoisotopic (exact) mass is 269 g/mol. The van der Waals surface area contributed by atoms with E-state index < -0.39 is 16.4 Å². The number of nitrogens with zero attached hydrogens (tertiary/aromatic N) is 1. The summed E-state index contributed by atoms with van der Waals surface area (Å²) in [6.07, 6.45) is 0.776. The second-order valence-electron chi connectivity index (χ2n) is 3.31. The zero-order valence-electron chi connectivity index (χ0n) is 10.4. The fourth-order valence-corrected chi connectivity index (χ4v) is 1.07. The first-order valence-corrected chi connectivity index (χ1v) is 6.04. The number of rotatable bonds is 5. The number of carbonyl (C=O) groups is 1. The average molecular weight is 269 g/mol. The fourth-order valence-electron chi connectivity index (χ4n) is 1.07. The lowest BCUT2D eigenvalue weighted by atomic mass is 10.1. The highest BCUT2D eigenvalue weighted by Gasteiger charge is 2.17. The summed E-state index contributed by atoms with van der Waals surface area (Å²) in [7, 11) is 0.407. The largest absolute Gasteiger partial charge is 0.478 e. The van der Waals surface area contributed by atoms with Crippen LogP contribution in [0.3, 0.4) is 0 Å². The van der Waals surface area contributed by atoms with E-state index in [1.807, 2.05) is 25.9 Å². The van der Waals surface area contributed by atoms with Crippen LogP contribution in [0.1, 0.15) is 13.3 Å². The molecule has 102 valence electrons. The van der Waals surface area contributed by atoms with Crippen molar-refractivity contribution in [2.24, 2.45) is 0 Å². The van der Waals surface area contributed by atoms with Crippen molar-refractivity contribution in [1.29, 1.82) is 0 Å². The van der Waals surface area contributed by atoms with Gasteiger partial charge in [-0.2, -0.15) is 8.42 Å². The molecular weight excluding hydrogens is 250 g/mol. The Bertz CT molecular complexity index is 348. The SMILES string of the molecule is C=C(C(=O)O)C(CC)N(C)C.COS(=O)(=O)O. The Hall–Kier alpha value is -0.960. The summed E-state index contributed by atoms with van der Waals surface area (Å²) in [5.74, 6) is -0.912. The van der Waals surface area contributed by atoms with Gasteiger partial charge in [0.15, 0.2) is 0 Å². The molecule has 2 N–H and O–H groups in total. The average Bonchev–Trinajstić information content (AvgIpc) is 2.17. The maximum Gasteiger partial charge on any atom is 0.397 e. The summed E-state index contributed by atoms with van der Waals surface area (Å²) in [5.41, 5.74) is 0.262. The Kier molecular flexibility index (Phi) is 8.85. The molecule has 0 radical (unpaired) electrons. The molecule has 0 fully saturated rings. The molecule has 0 aliphatic rings. The molecule has 0 saturated heterocycles. The molecule has 0 saturated carbocycles. The number of carboxylic acid groups (broad SMARTS) is 1. The molecule has 0 bridgehead atoms. The summed E-state index contributed by atoms with van der Waals surface area (Å²) in [6, 6.07) is -0.0486. The van der Waals surface area contributed by atoms with Crippen molar-refractivity contribution in [3.05, 3.63) is 12.2 Å². The van der Waals surface area contributed by atoms with Gasteiger partial charge in [-0.3, -0.25) is 8.74 Å². The van der Waals surface area contributed by atoms with Crippen LogP contribution in [0.15, 0.2) is 12.2 Å². The van der Waals surface area contributed by atoms with Crippen LogP contribution < -0.4 is 0 Å². The molecular formula is C9H19NO6S. The zero-order chi connectivity index (χ0) is 14.2. The van der Waals surface area contributed by atoms with Crippen molar-refractivity contribution in [3.63, 3.8) is 0 Å². The van der Waals surface area contributed by atoms with Crippen molar-refractivity contribution >= 4 is 16.4 Å². The standard InChI is InChI=1S/C8H15NO2.CH4O4S/c1-5-7(9(3)4)6(2)8(10)11;1-5-6(2,3)4/h7H,2,5H2,1,3-4H3,(H,10,11);1H3,(H,2,3,4). The Morgan fingerprint density at radius 3 is 1.88 bits per heavy atom. The van der Waals surface area contributed by atoms with Gasteiger partial charge >= 0.3 is 16.4 Å². The maximum absolute atomic E-state index is 10.5. The quantitative estimate of drug-likeness (QED) is 0.550. The third kappa shape index (κ3) is 9.94. The Balaban J connectivity index is 0. The summed E-state index contributed by atoms with van der Waals surface area (Å²) in [5, 5.41) is 8.61. The molecule has 0 aromatic carbocycles. The third-order valence-corrected chi connectivity index (χ3v) is 2.32. The van der Waals surface area contributed by atoms with Crippen molar-refractivity contribution in [3.8, 4) is 0 Å². The minimum Gasteiger partial charge on any atom is -0.478 e. The number of hydrogen-bond acceptors (Lipinski definition) is 5. The second-order valence-corrected chi connectivity index (χ2v) is 4.50. The number of carboxylic acids is 1. The van der Waals surface area contributed by atoms with Crippen LogP contribution in [0.25, 0.3) is 0 Å². The van der Waals surface area contributed by atoms with E-state index in [4.69, 9.17) is 9.66 Å². The highest BCUT2D eigenvalue weighted by Crippen LogP contribution is 2.09. The molecule has 0 aromatic heterocycles. The first-order chi connectivity index (χ1) is 7.56. The second kappa shape index (κ2) is 8.18. The molecule has 7 nitrogen and oxygen atoms in total. The molecule has 1 unspecified atom stereocenters. The normalized spacial score (nSPS) is 12.6. The molecule has 0 aromatic rings. The number of likely N-dealkylation sites (N-methyl/N-ethyl adjacent to an activating group) is 1. The van der Waals surface area contributed by atoms with E-state index in [0.717, 1.165) is 13.5 Å². The van der Waals surface area contributed by atoms with Crippen LogP contribution in [0, 0.1) is 0 Å². The van der Waals surface area contributed by atoms with E-state index in [1.165, 1.54) is 0 Å². The maximum atomic E-state index is 10.5. The third-order valence-electron chi connectivity index (χ3n) is 1.90. The van der Waals surface area contributed by atoms with Crippen LogP contribution in [0.4, 0.5) is 0 Å². The van der Waals surface area contributed by atoms with Gasteiger partial charge in [0.2, 0.25) is 0 Å². The lowest BCUT2D eigenvalue weighted by Gasteiger charge is -2.22. The Labute approximate surface area is 102 Å². The highest BCUT2D eigenvalue weighted by atomic mass is 32.3. The fraction of sp³-hybridized carbons (Fsp3) is 0.667. The molecule has 0 heterocycles. The van der Waals surface area contributed by atoms with Gasteiger partial charge in [0, 0.05) is 11.6 Å². The van der Waals surface area contributed by atoms with Gasteiger partial charge in [0.1, 0.15) is 0 Å². The first-order valence-electron chi connectivity index (χ1n) is 4.68. The minimum atomic E-state index is -4.16. The molecule has 17 heavy (non-hydrogen) atoms. The molecule has 0 spiro atoms. The predicted octanol–water partition coefficient (Wildman–Crippen LogP) is 0.403. The Morgan fingerprint density at radius 2 is 1.82 bits per heavy atom. The lowest BCUT2D eigenvalue weighted by Crippen LogP contribution is -2.31. The molecule has 8 heteroatoms. The smallest absolute Gasteiger partial charge is 0.397 e. The van der Waals surface area contributed by atoms with E-state index in [2.05, 4.69) is 10.8 Å². The van der Waals surface area contributed by atoms with E-state index in [-0.39, 0.29) is 11.6 Å². The molecule has 0 aliphatic carbocycles. The summed E-state index contributed by atoms with van der Waals surface area (Å²) in [6.45, 7) is 5.45. The highest BCUT2D eigenvalue weighted by molar-refractivity contribution is 7.80. The van der Waals surface area contributed by atoms with E-state index in [9.17, 15) is 13.2 Å². The Morgan fingerprint density at radius 1 is 1.47 bits per heavy atom. The van der Waals surface area contributed by atoms with Crippen molar-refractivity contribution in [2.45, 2.75) is 19.4 Å². The molecule has 1 atom stereocenters. The van der Waals surface area contributed by atoms with Crippen LogP contribution >= 0.6 is 0 Å². The number of hydrogen-bond donors (Lipinski definition) is 2. The first kappa shape index (κ1) is 18.4. The molecule has 0 amide bonds. The molecule has 0 aliphatic heterocycles. The van der Waals surface area contributed by atoms with E-state index >= 15 is 0 Å². The molecule has 0 rings (SSSR count). The van der Waals surface area contributed by atoms with Crippen LogP contribution in [-0.2, 0) is 19.4 Å². The summed E-state index contributed by atoms with van der Waals surface area (Å²) >= 11 is 0. The number of aliphatic carboxylic acids is 1. The van der Waals surface area contributed by atoms with Crippen molar-refractivity contribution < 1.29 is 27.1 Å². The van der Waals surface area contributed by atoms with Gasteiger partial charge in [0.25, 0.3) is 0 Å². The minimum absolute atomic E-state index is 0.0486. The summed E-state index contributed by atoms with van der Waals surface area (Å²) in [4.78, 5) is 12.3. The topological polar surface area (TPSA) is 104 Å². The van der Waals surface area contributed by atoms with Crippen molar-refractivity contribution in [2.75, 3.05) is 21.2 Å². The summed E-state index contributed by atoms with van der Waals surface area (Å²) < 4.78 is 29.7. The van der Waals surface area contributed by atoms with E-state index in [1.54, 1.807) is 0 Å². The van der Waals surface area contributed by atoms with Crippen LogP contribution in [-0.4, -0.2) is 56.2 Å². The van der Waals surface area contributed by atoms with Crippen LogP contribution in [0.5, 0.6) is 0 Å². The van der Waals surface area contributed by atoms with Gasteiger partial charge < -0.3 is 10.0 Å². The predicted molar refractivity (Wildman–Crippen MR) is 63.1 cm³/mol. The van der Waals surface area contributed by atoms with Crippen LogP contribution in [0.2, 0.25) is 0 Å². The van der Waals surface area contributed by atoms with E-state index in [0.29, 0.717) is 0 Å². The van der Waals surface area contributed by atoms with Gasteiger partial charge in [-0.1, -0.05) is 13.5 Å². The van der Waals surface area contributed by atoms with Gasteiger partial charge in [-0.15, -0.1) is 0 Å². The zero-order valence-corrected chi connectivity index (χ0v) is 11.2.